The Morgan fingerprint density at radius 1 is 0.897 bits per heavy atom. The predicted molar refractivity (Wildman–Crippen MR) is 104 cm³/mol. The van der Waals surface area contributed by atoms with Crippen LogP contribution in [-0.4, -0.2) is 48.1 Å². The predicted octanol–water partition coefficient (Wildman–Crippen LogP) is 2.47. The minimum Gasteiger partial charge on any atom is -0.497 e. The molecule has 0 aliphatic carbocycles. The van der Waals surface area contributed by atoms with Gasteiger partial charge in [0.05, 0.1) is 40.6 Å². The number of methoxy groups -OCH3 is 2. The molecule has 0 N–H and O–H groups in total. The summed E-state index contributed by atoms with van der Waals surface area (Å²) in [4.78, 5) is 0. The van der Waals surface area contributed by atoms with E-state index in [4.69, 9.17) is 27.3 Å². The van der Waals surface area contributed by atoms with Crippen LogP contribution in [0, 0.1) is 0 Å². The van der Waals surface area contributed by atoms with E-state index in [0.29, 0.717) is 6.61 Å². The van der Waals surface area contributed by atoms with Gasteiger partial charge in [-0.15, -0.1) is 0 Å². The van der Waals surface area contributed by atoms with Crippen molar-refractivity contribution >= 4 is 10.4 Å². The van der Waals surface area contributed by atoms with Crippen LogP contribution in [0.5, 0.6) is 11.5 Å². The van der Waals surface area contributed by atoms with Crippen molar-refractivity contribution in [2.45, 2.75) is 25.4 Å². The molecule has 1 aliphatic heterocycles. The molecular weight excluding hydrogens is 400 g/mol. The lowest BCUT2D eigenvalue weighted by atomic mass is 10.2. The molecule has 1 fully saturated rings. The van der Waals surface area contributed by atoms with E-state index >= 15 is 0 Å². The number of rotatable bonds is 9. The standard InChI is InChI=1S/C20H24O8S/c1-23-17-7-3-15(4-8-17)11-25-13-20-19(14-27-29(21,22)28-20)26-12-16-5-9-18(24-2)10-6-16/h3-10,19-20H,11-14H2,1-2H3/t19-,20-/m1/s1. The lowest BCUT2D eigenvalue weighted by Gasteiger charge is -2.30. The smallest absolute Gasteiger partial charge is 0.400 e. The van der Waals surface area contributed by atoms with Gasteiger partial charge < -0.3 is 18.9 Å². The van der Waals surface area contributed by atoms with Crippen LogP contribution in [0.1, 0.15) is 11.1 Å². The summed E-state index contributed by atoms with van der Waals surface area (Å²) in [5.74, 6) is 1.49. The minimum absolute atomic E-state index is 0.0436. The minimum atomic E-state index is -4.05. The molecule has 158 valence electrons. The third-order valence-electron chi connectivity index (χ3n) is 4.37. The lowest BCUT2D eigenvalue weighted by Crippen LogP contribution is -2.45. The third-order valence-corrected chi connectivity index (χ3v) is 5.27. The van der Waals surface area contributed by atoms with Gasteiger partial charge >= 0.3 is 10.4 Å². The van der Waals surface area contributed by atoms with Gasteiger partial charge in [-0.25, -0.2) is 8.37 Å². The zero-order valence-corrected chi connectivity index (χ0v) is 17.1. The van der Waals surface area contributed by atoms with Crippen molar-refractivity contribution in [2.75, 3.05) is 27.4 Å². The second-order valence-electron chi connectivity index (χ2n) is 6.39. The maximum atomic E-state index is 11.7. The molecule has 1 aliphatic rings. The summed E-state index contributed by atoms with van der Waals surface area (Å²) >= 11 is 0. The Bertz CT molecular complexity index is 864. The first-order valence-corrected chi connectivity index (χ1v) is 10.4. The van der Waals surface area contributed by atoms with Gasteiger partial charge in [-0.05, 0) is 35.4 Å². The molecule has 2 aromatic carbocycles. The first-order valence-electron chi connectivity index (χ1n) is 9.02. The van der Waals surface area contributed by atoms with Crippen molar-refractivity contribution in [3.63, 3.8) is 0 Å². The van der Waals surface area contributed by atoms with E-state index in [1.165, 1.54) is 0 Å². The summed E-state index contributed by atoms with van der Waals surface area (Å²) in [5.41, 5.74) is 1.84. The second kappa shape index (κ2) is 10.0. The molecule has 1 saturated heterocycles. The Hall–Kier alpha value is -2.17. The number of hydrogen-bond acceptors (Lipinski definition) is 8. The molecule has 0 unspecified atom stereocenters. The van der Waals surface area contributed by atoms with Crippen LogP contribution in [0.2, 0.25) is 0 Å². The van der Waals surface area contributed by atoms with Crippen LogP contribution in [0.3, 0.4) is 0 Å². The van der Waals surface area contributed by atoms with Gasteiger partial charge in [0.1, 0.15) is 23.7 Å². The molecule has 0 amide bonds. The van der Waals surface area contributed by atoms with Crippen molar-refractivity contribution in [3.8, 4) is 11.5 Å². The summed E-state index contributed by atoms with van der Waals surface area (Å²) in [6.45, 7) is 0.489. The summed E-state index contributed by atoms with van der Waals surface area (Å²) in [6, 6.07) is 14.8. The summed E-state index contributed by atoms with van der Waals surface area (Å²) in [6.07, 6.45) is -1.39. The molecule has 8 nitrogen and oxygen atoms in total. The topological polar surface area (TPSA) is 89.5 Å². The molecule has 0 aromatic heterocycles. The van der Waals surface area contributed by atoms with Crippen LogP contribution < -0.4 is 9.47 Å². The first kappa shape index (κ1) is 21.5. The van der Waals surface area contributed by atoms with Gasteiger partial charge in [0.15, 0.2) is 0 Å². The van der Waals surface area contributed by atoms with E-state index in [1.807, 2.05) is 48.5 Å². The van der Waals surface area contributed by atoms with Gasteiger partial charge in [-0.1, -0.05) is 24.3 Å². The fraction of sp³-hybridized carbons (Fsp3) is 0.400. The summed E-state index contributed by atoms with van der Waals surface area (Å²) in [7, 11) is -0.860. The average molecular weight is 424 g/mol. The van der Waals surface area contributed by atoms with E-state index in [1.54, 1.807) is 14.2 Å². The fourth-order valence-electron chi connectivity index (χ4n) is 2.73. The van der Waals surface area contributed by atoms with Crippen LogP contribution in [0.25, 0.3) is 0 Å². The molecule has 0 saturated carbocycles. The van der Waals surface area contributed by atoms with Crippen LogP contribution in [-0.2, 0) is 41.5 Å². The van der Waals surface area contributed by atoms with E-state index in [2.05, 4.69) is 0 Å². The van der Waals surface area contributed by atoms with Gasteiger partial charge in [-0.3, -0.25) is 0 Å². The summed E-state index contributed by atoms with van der Waals surface area (Å²) in [5, 5.41) is 0. The van der Waals surface area contributed by atoms with Crippen molar-refractivity contribution in [3.05, 3.63) is 59.7 Å². The molecule has 2 atom stereocenters. The SMILES string of the molecule is COc1ccc(COC[C@H]2OS(=O)(=O)OC[C@H]2OCc2ccc(OC)cc2)cc1. The highest BCUT2D eigenvalue weighted by Crippen LogP contribution is 2.21. The molecule has 0 bridgehead atoms. The highest BCUT2D eigenvalue weighted by atomic mass is 32.3. The average Bonchev–Trinajstić information content (AvgIpc) is 2.73. The maximum Gasteiger partial charge on any atom is 0.400 e. The van der Waals surface area contributed by atoms with Crippen molar-refractivity contribution in [2.24, 2.45) is 0 Å². The van der Waals surface area contributed by atoms with E-state index < -0.39 is 22.6 Å². The van der Waals surface area contributed by atoms with Gasteiger partial charge in [-0.2, -0.15) is 8.42 Å². The quantitative estimate of drug-likeness (QED) is 0.607. The van der Waals surface area contributed by atoms with Gasteiger partial charge in [0, 0.05) is 0 Å². The van der Waals surface area contributed by atoms with Gasteiger partial charge in [0.2, 0.25) is 0 Å². The number of ether oxygens (including phenoxy) is 4. The normalized spacial score (nSPS) is 20.9. The van der Waals surface area contributed by atoms with Crippen molar-refractivity contribution in [1.82, 2.24) is 0 Å². The van der Waals surface area contributed by atoms with Crippen LogP contribution in [0.15, 0.2) is 48.5 Å². The Morgan fingerprint density at radius 2 is 1.45 bits per heavy atom. The summed E-state index contributed by atoms with van der Waals surface area (Å²) < 4.78 is 54.9. The molecule has 0 radical (unpaired) electrons. The number of benzene rings is 2. The second-order valence-corrected chi connectivity index (χ2v) is 7.63. The zero-order valence-electron chi connectivity index (χ0n) is 16.3. The Kier molecular flexibility index (Phi) is 7.45. The fourth-order valence-corrected chi connectivity index (χ4v) is 3.57. The highest BCUT2D eigenvalue weighted by molar-refractivity contribution is 7.81. The largest absolute Gasteiger partial charge is 0.497 e. The Labute approximate surface area is 170 Å². The molecule has 29 heavy (non-hydrogen) atoms. The molecule has 0 spiro atoms. The highest BCUT2D eigenvalue weighted by Gasteiger charge is 2.36. The van der Waals surface area contributed by atoms with Crippen molar-refractivity contribution < 1.29 is 35.7 Å². The molecule has 1 heterocycles. The van der Waals surface area contributed by atoms with Gasteiger partial charge in [0.25, 0.3) is 0 Å². The lowest BCUT2D eigenvalue weighted by molar-refractivity contribution is -0.107. The van der Waals surface area contributed by atoms with E-state index in [9.17, 15) is 8.42 Å². The first-order chi connectivity index (χ1) is 14.0. The molecule has 9 heteroatoms. The Morgan fingerprint density at radius 3 is 2.00 bits per heavy atom. The van der Waals surface area contributed by atoms with Crippen LogP contribution in [0.4, 0.5) is 0 Å². The van der Waals surface area contributed by atoms with E-state index in [-0.39, 0.29) is 19.8 Å². The zero-order chi connectivity index (χ0) is 20.7. The number of hydrogen-bond donors (Lipinski definition) is 0. The Balaban J connectivity index is 1.54. The van der Waals surface area contributed by atoms with Crippen molar-refractivity contribution in [1.29, 1.82) is 0 Å². The van der Waals surface area contributed by atoms with Crippen LogP contribution >= 0.6 is 0 Å². The molecule has 3 rings (SSSR count). The molecule has 2 aromatic rings. The van der Waals surface area contributed by atoms with E-state index in [0.717, 1.165) is 22.6 Å². The third kappa shape index (κ3) is 6.41. The molecular formula is C20H24O8S. The maximum absolute atomic E-state index is 11.7. The monoisotopic (exact) mass is 424 g/mol.